The van der Waals surface area contributed by atoms with Crippen molar-refractivity contribution in [3.8, 4) is 0 Å². The lowest BCUT2D eigenvalue weighted by Gasteiger charge is -2.19. The van der Waals surface area contributed by atoms with Crippen molar-refractivity contribution in [1.29, 1.82) is 0 Å². The number of sulfonamides is 1. The number of hydrazine groups is 1. The molecule has 6 heteroatoms. The maximum absolute atomic E-state index is 12.1. The molecule has 2 unspecified atom stereocenters. The van der Waals surface area contributed by atoms with E-state index in [9.17, 15) is 8.42 Å². The SMILES string of the molecule is CCC(C)C(C)NS(=O)(=O)c1ccc(NN)cc1. The molecule has 0 aliphatic carbocycles. The summed E-state index contributed by atoms with van der Waals surface area (Å²) in [4.78, 5) is 0.247. The topological polar surface area (TPSA) is 84.2 Å². The monoisotopic (exact) mass is 271 g/mol. The molecule has 0 saturated carbocycles. The average molecular weight is 271 g/mol. The van der Waals surface area contributed by atoms with Crippen LogP contribution in [0, 0.1) is 5.92 Å². The van der Waals surface area contributed by atoms with Crippen LogP contribution in [0.3, 0.4) is 0 Å². The zero-order chi connectivity index (χ0) is 13.8. The van der Waals surface area contributed by atoms with Crippen LogP contribution in [0.15, 0.2) is 29.2 Å². The Morgan fingerprint density at radius 2 is 1.78 bits per heavy atom. The van der Waals surface area contributed by atoms with E-state index < -0.39 is 10.0 Å². The quantitative estimate of drug-likeness (QED) is 0.543. The molecule has 0 amide bonds. The summed E-state index contributed by atoms with van der Waals surface area (Å²) in [5.74, 6) is 5.53. The van der Waals surface area contributed by atoms with E-state index in [-0.39, 0.29) is 10.9 Å². The molecule has 5 nitrogen and oxygen atoms in total. The number of nitrogen functional groups attached to an aromatic ring is 1. The van der Waals surface area contributed by atoms with Gasteiger partial charge < -0.3 is 5.43 Å². The number of hydrogen-bond acceptors (Lipinski definition) is 4. The van der Waals surface area contributed by atoms with E-state index in [1.165, 1.54) is 12.1 Å². The summed E-state index contributed by atoms with van der Waals surface area (Å²) >= 11 is 0. The third-order valence-corrected chi connectivity index (χ3v) is 4.74. The van der Waals surface area contributed by atoms with Gasteiger partial charge in [-0.05, 0) is 37.1 Å². The number of nitrogens with two attached hydrogens (primary N) is 1. The predicted octanol–water partition coefficient (Wildman–Crippen LogP) is 1.69. The van der Waals surface area contributed by atoms with Gasteiger partial charge in [-0.1, -0.05) is 20.3 Å². The second-order valence-electron chi connectivity index (χ2n) is 4.46. The molecule has 0 aliphatic heterocycles. The first-order chi connectivity index (χ1) is 8.40. The summed E-state index contributed by atoms with van der Waals surface area (Å²) in [7, 11) is -3.46. The fourth-order valence-corrected chi connectivity index (χ4v) is 2.87. The highest BCUT2D eigenvalue weighted by atomic mass is 32.2. The minimum absolute atomic E-state index is 0.0905. The lowest BCUT2D eigenvalue weighted by Crippen LogP contribution is -2.36. The highest BCUT2D eigenvalue weighted by Crippen LogP contribution is 2.15. The summed E-state index contributed by atoms with van der Waals surface area (Å²) in [5.41, 5.74) is 3.13. The van der Waals surface area contributed by atoms with E-state index >= 15 is 0 Å². The van der Waals surface area contributed by atoms with Gasteiger partial charge in [0, 0.05) is 11.7 Å². The van der Waals surface area contributed by atoms with Crippen molar-refractivity contribution < 1.29 is 8.42 Å². The Bertz CT molecular complexity index is 471. The Morgan fingerprint density at radius 1 is 1.22 bits per heavy atom. The fraction of sp³-hybridized carbons (Fsp3) is 0.500. The molecule has 0 aliphatic rings. The average Bonchev–Trinajstić information content (AvgIpc) is 2.37. The molecular formula is C12H21N3O2S. The van der Waals surface area contributed by atoms with Gasteiger partial charge in [-0.15, -0.1) is 0 Å². The van der Waals surface area contributed by atoms with Gasteiger partial charge in [-0.2, -0.15) is 0 Å². The maximum atomic E-state index is 12.1. The van der Waals surface area contributed by atoms with Crippen molar-refractivity contribution in [1.82, 2.24) is 4.72 Å². The van der Waals surface area contributed by atoms with E-state index in [1.54, 1.807) is 12.1 Å². The predicted molar refractivity (Wildman–Crippen MR) is 73.5 cm³/mol. The molecule has 18 heavy (non-hydrogen) atoms. The standard InChI is InChI=1S/C12H21N3O2S/c1-4-9(2)10(3)15-18(16,17)12-7-5-11(14-13)6-8-12/h5-10,14-15H,4,13H2,1-3H3. The van der Waals surface area contributed by atoms with Gasteiger partial charge in [0.15, 0.2) is 0 Å². The molecule has 0 aromatic heterocycles. The summed E-state index contributed by atoms with van der Waals surface area (Å²) in [6.07, 6.45) is 0.930. The van der Waals surface area contributed by atoms with Crippen LogP contribution in [0.2, 0.25) is 0 Å². The van der Waals surface area contributed by atoms with Crippen LogP contribution in [-0.4, -0.2) is 14.5 Å². The van der Waals surface area contributed by atoms with Crippen molar-refractivity contribution in [2.45, 2.75) is 38.1 Å². The van der Waals surface area contributed by atoms with Gasteiger partial charge in [0.1, 0.15) is 0 Å². The van der Waals surface area contributed by atoms with E-state index in [0.29, 0.717) is 11.6 Å². The smallest absolute Gasteiger partial charge is 0.240 e. The minimum Gasteiger partial charge on any atom is -0.324 e. The molecule has 0 fully saturated rings. The number of nitrogens with one attached hydrogen (secondary N) is 2. The Balaban J connectivity index is 2.85. The van der Waals surface area contributed by atoms with E-state index in [2.05, 4.69) is 10.1 Å². The first-order valence-electron chi connectivity index (χ1n) is 5.99. The Morgan fingerprint density at radius 3 is 2.22 bits per heavy atom. The highest BCUT2D eigenvalue weighted by molar-refractivity contribution is 7.89. The Kier molecular flexibility index (Phi) is 5.13. The van der Waals surface area contributed by atoms with Gasteiger partial charge in [-0.25, -0.2) is 13.1 Å². The Labute approximate surface area is 109 Å². The number of anilines is 1. The molecule has 1 rings (SSSR count). The second-order valence-corrected chi connectivity index (χ2v) is 6.18. The third-order valence-electron chi connectivity index (χ3n) is 3.17. The molecule has 2 atom stereocenters. The van der Waals surface area contributed by atoms with Crippen LogP contribution < -0.4 is 16.0 Å². The van der Waals surface area contributed by atoms with Gasteiger partial charge in [0.2, 0.25) is 10.0 Å². The molecule has 0 radical (unpaired) electrons. The lowest BCUT2D eigenvalue weighted by atomic mass is 10.0. The zero-order valence-corrected chi connectivity index (χ0v) is 11.8. The van der Waals surface area contributed by atoms with Gasteiger partial charge in [0.25, 0.3) is 0 Å². The number of hydrogen-bond donors (Lipinski definition) is 3. The van der Waals surface area contributed by atoms with Crippen LogP contribution in [-0.2, 0) is 10.0 Å². The van der Waals surface area contributed by atoms with E-state index in [0.717, 1.165) is 6.42 Å². The second kappa shape index (κ2) is 6.17. The van der Waals surface area contributed by atoms with Crippen molar-refractivity contribution >= 4 is 15.7 Å². The van der Waals surface area contributed by atoms with Crippen molar-refractivity contribution in [2.75, 3.05) is 5.43 Å². The van der Waals surface area contributed by atoms with Gasteiger partial charge >= 0.3 is 0 Å². The molecule has 1 aromatic carbocycles. The first kappa shape index (κ1) is 14.9. The largest absolute Gasteiger partial charge is 0.324 e. The third kappa shape index (κ3) is 3.69. The molecule has 0 saturated heterocycles. The summed E-state index contributed by atoms with van der Waals surface area (Å²) in [6.45, 7) is 5.94. The molecule has 1 aromatic rings. The molecule has 4 N–H and O–H groups in total. The van der Waals surface area contributed by atoms with Crippen molar-refractivity contribution in [2.24, 2.45) is 11.8 Å². The van der Waals surface area contributed by atoms with Gasteiger partial charge in [-0.3, -0.25) is 5.84 Å². The molecule has 0 spiro atoms. The fourth-order valence-electron chi connectivity index (χ4n) is 1.51. The van der Waals surface area contributed by atoms with Crippen LogP contribution in [0.4, 0.5) is 5.69 Å². The summed E-state index contributed by atoms with van der Waals surface area (Å²) in [6, 6.07) is 6.22. The maximum Gasteiger partial charge on any atom is 0.240 e. The molecular weight excluding hydrogens is 250 g/mol. The van der Waals surface area contributed by atoms with Crippen LogP contribution >= 0.6 is 0 Å². The van der Waals surface area contributed by atoms with Crippen LogP contribution in [0.5, 0.6) is 0 Å². The molecule has 0 heterocycles. The summed E-state index contributed by atoms with van der Waals surface area (Å²) in [5, 5.41) is 0. The number of rotatable bonds is 6. The minimum atomic E-state index is -3.46. The van der Waals surface area contributed by atoms with Crippen LogP contribution in [0.1, 0.15) is 27.2 Å². The Hall–Kier alpha value is -1.11. The van der Waals surface area contributed by atoms with Crippen LogP contribution in [0.25, 0.3) is 0 Å². The van der Waals surface area contributed by atoms with E-state index in [1.807, 2.05) is 20.8 Å². The first-order valence-corrected chi connectivity index (χ1v) is 7.48. The lowest BCUT2D eigenvalue weighted by molar-refractivity contribution is 0.434. The summed E-state index contributed by atoms with van der Waals surface area (Å²) < 4.78 is 26.9. The normalized spacial score (nSPS) is 15.1. The molecule has 0 bridgehead atoms. The van der Waals surface area contributed by atoms with E-state index in [4.69, 9.17) is 5.84 Å². The number of benzene rings is 1. The van der Waals surface area contributed by atoms with Crippen molar-refractivity contribution in [3.05, 3.63) is 24.3 Å². The zero-order valence-electron chi connectivity index (χ0n) is 11.0. The highest BCUT2D eigenvalue weighted by Gasteiger charge is 2.20. The van der Waals surface area contributed by atoms with Gasteiger partial charge in [0.05, 0.1) is 4.90 Å². The molecule has 102 valence electrons. The van der Waals surface area contributed by atoms with Crippen molar-refractivity contribution in [3.63, 3.8) is 0 Å².